The van der Waals surface area contributed by atoms with Gasteiger partial charge in [-0.05, 0) is 31.4 Å². The van der Waals surface area contributed by atoms with Crippen LogP contribution in [0.25, 0.3) is 0 Å². The van der Waals surface area contributed by atoms with Gasteiger partial charge in [0, 0.05) is 0 Å². The largest absolute Gasteiger partial charge is 0.394 e. The lowest BCUT2D eigenvalue weighted by Gasteiger charge is -2.28. The second-order valence-electron chi connectivity index (χ2n) is 4.99. The molecule has 0 aliphatic carbocycles. The highest BCUT2D eigenvalue weighted by molar-refractivity contribution is 5.31. The molecule has 0 unspecified atom stereocenters. The summed E-state index contributed by atoms with van der Waals surface area (Å²) in [5.41, 5.74) is 1.02. The molecule has 0 saturated heterocycles. The van der Waals surface area contributed by atoms with Crippen molar-refractivity contribution in [3.8, 4) is 0 Å². The molecule has 16 heavy (non-hydrogen) atoms. The van der Waals surface area contributed by atoms with Gasteiger partial charge < -0.3 is 0 Å². The van der Waals surface area contributed by atoms with E-state index in [0.717, 1.165) is 16.7 Å². The molecular formula is C13H17F3. The van der Waals surface area contributed by atoms with Crippen molar-refractivity contribution in [3.63, 3.8) is 0 Å². The minimum atomic E-state index is -4.16. The molecule has 0 spiro atoms. The van der Waals surface area contributed by atoms with Crippen LogP contribution in [0.5, 0.6) is 0 Å². The van der Waals surface area contributed by atoms with Crippen LogP contribution >= 0.6 is 0 Å². The Morgan fingerprint density at radius 2 is 1.62 bits per heavy atom. The number of rotatable bonds is 2. The molecule has 0 amide bonds. The average molecular weight is 230 g/mol. The van der Waals surface area contributed by atoms with Crippen LogP contribution in [0, 0.1) is 19.3 Å². The van der Waals surface area contributed by atoms with Crippen LogP contribution in [0.4, 0.5) is 13.2 Å². The van der Waals surface area contributed by atoms with E-state index in [1.807, 2.05) is 32.0 Å². The average Bonchev–Trinajstić information content (AvgIpc) is 2.09. The first-order chi connectivity index (χ1) is 7.13. The Morgan fingerprint density at radius 3 is 2.12 bits per heavy atom. The Bertz CT molecular complexity index is 375. The van der Waals surface area contributed by atoms with Gasteiger partial charge in [0.2, 0.25) is 0 Å². The lowest BCUT2D eigenvalue weighted by Crippen LogP contribution is -2.34. The normalized spacial score (nSPS) is 12.9. The van der Waals surface area contributed by atoms with E-state index in [4.69, 9.17) is 0 Å². The third-order valence-electron chi connectivity index (χ3n) is 2.90. The zero-order valence-electron chi connectivity index (χ0n) is 10.1. The van der Waals surface area contributed by atoms with Gasteiger partial charge in [0.25, 0.3) is 0 Å². The van der Waals surface area contributed by atoms with E-state index in [1.165, 1.54) is 13.8 Å². The molecule has 0 fully saturated rings. The first-order valence-electron chi connectivity index (χ1n) is 5.26. The van der Waals surface area contributed by atoms with Crippen LogP contribution in [0.15, 0.2) is 18.2 Å². The summed E-state index contributed by atoms with van der Waals surface area (Å²) in [6.45, 7) is 6.23. The molecule has 0 atom stereocenters. The van der Waals surface area contributed by atoms with Gasteiger partial charge in [0.1, 0.15) is 0 Å². The maximum Gasteiger partial charge on any atom is 0.394 e. The van der Waals surface area contributed by atoms with E-state index in [-0.39, 0.29) is 6.42 Å². The van der Waals surface area contributed by atoms with Crippen LogP contribution in [0.3, 0.4) is 0 Å². The van der Waals surface area contributed by atoms with Crippen LogP contribution in [-0.4, -0.2) is 6.18 Å². The molecule has 1 aromatic carbocycles. The minimum absolute atomic E-state index is 0.0318. The Kier molecular flexibility index (Phi) is 3.36. The van der Waals surface area contributed by atoms with Crippen LogP contribution in [0.2, 0.25) is 0 Å². The van der Waals surface area contributed by atoms with Gasteiger partial charge in [-0.15, -0.1) is 0 Å². The molecule has 3 heteroatoms. The van der Waals surface area contributed by atoms with Crippen molar-refractivity contribution < 1.29 is 13.2 Å². The summed E-state index contributed by atoms with van der Waals surface area (Å²) in [5.74, 6) is 0. The van der Waals surface area contributed by atoms with Crippen LogP contribution < -0.4 is 0 Å². The van der Waals surface area contributed by atoms with Crippen molar-refractivity contribution in [1.29, 1.82) is 0 Å². The molecule has 0 heterocycles. The zero-order valence-corrected chi connectivity index (χ0v) is 10.1. The Morgan fingerprint density at radius 1 is 1.06 bits per heavy atom. The summed E-state index contributed by atoms with van der Waals surface area (Å²) in [4.78, 5) is 0. The third kappa shape index (κ3) is 2.77. The number of halogens is 3. The van der Waals surface area contributed by atoms with E-state index in [2.05, 4.69) is 0 Å². The summed E-state index contributed by atoms with van der Waals surface area (Å²) >= 11 is 0. The topological polar surface area (TPSA) is 0 Å². The number of hydrogen-bond acceptors (Lipinski definition) is 0. The number of alkyl halides is 3. The molecular weight excluding hydrogens is 213 g/mol. The monoisotopic (exact) mass is 230 g/mol. The lowest BCUT2D eigenvalue weighted by molar-refractivity contribution is -0.211. The molecule has 0 aliphatic rings. The van der Waals surface area contributed by atoms with Gasteiger partial charge in [-0.3, -0.25) is 0 Å². The van der Waals surface area contributed by atoms with Gasteiger partial charge in [-0.1, -0.05) is 37.6 Å². The number of hydrogen-bond donors (Lipinski definition) is 0. The Balaban J connectivity index is 3.01. The van der Waals surface area contributed by atoms with Crippen molar-refractivity contribution in [1.82, 2.24) is 0 Å². The molecule has 1 rings (SSSR count). The Labute approximate surface area is 94.5 Å². The third-order valence-corrected chi connectivity index (χ3v) is 2.90. The van der Waals surface area contributed by atoms with Crippen molar-refractivity contribution in [3.05, 3.63) is 34.9 Å². The number of benzene rings is 1. The second kappa shape index (κ2) is 4.11. The highest BCUT2D eigenvalue weighted by atomic mass is 19.4. The molecule has 0 aromatic heterocycles. The van der Waals surface area contributed by atoms with Crippen molar-refractivity contribution in [2.45, 2.75) is 40.3 Å². The van der Waals surface area contributed by atoms with Gasteiger partial charge in [-0.2, -0.15) is 13.2 Å². The molecule has 0 nitrogen and oxygen atoms in total. The standard InChI is InChI=1S/C13H17F3/c1-9-5-6-10(2)11(7-9)8-12(3,4)13(14,15)16/h5-7H,8H2,1-4H3. The van der Waals surface area contributed by atoms with E-state index >= 15 is 0 Å². The predicted molar refractivity (Wildman–Crippen MR) is 59.5 cm³/mol. The molecule has 90 valence electrons. The summed E-state index contributed by atoms with van der Waals surface area (Å²) in [7, 11) is 0. The van der Waals surface area contributed by atoms with Crippen LogP contribution in [-0.2, 0) is 6.42 Å². The molecule has 0 bridgehead atoms. The maximum absolute atomic E-state index is 12.8. The number of aryl methyl sites for hydroxylation is 2. The molecule has 1 aromatic rings. The smallest absolute Gasteiger partial charge is 0.171 e. The second-order valence-corrected chi connectivity index (χ2v) is 4.99. The predicted octanol–water partition coefficient (Wildman–Crippen LogP) is 4.43. The minimum Gasteiger partial charge on any atom is -0.171 e. The highest BCUT2D eigenvalue weighted by Crippen LogP contribution is 2.40. The van der Waals surface area contributed by atoms with Crippen molar-refractivity contribution in [2.24, 2.45) is 5.41 Å². The quantitative estimate of drug-likeness (QED) is 0.704. The highest BCUT2D eigenvalue weighted by Gasteiger charge is 2.47. The maximum atomic E-state index is 12.8. The SMILES string of the molecule is Cc1ccc(C)c(CC(C)(C)C(F)(F)F)c1. The fourth-order valence-corrected chi connectivity index (χ4v) is 1.57. The van der Waals surface area contributed by atoms with E-state index in [0.29, 0.717) is 0 Å². The zero-order chi connectivity index (χ0) is 12.6. The lowest BCUT2D eigenvalue weighted by atomic mass is 9.83. The fourth-order valence-electron chi connectivity index (χ4n) is 1.57. The summed E-state index contributed by atoms with van der Waals surface area (Å²) < 4.78 is 38.3. The van der Waals surface area contributed by atoms with Gasteiger partial charge >= 0.3 is 6.18 Å². The van der Waals surface area contributed by atoms with E-state index in [9.17, 15) is 13.2 Å². The van der Waals surface area contributed by atoms with E-state index in [1.54, 1.807) is 0 Å². The summed E-state index contributed by atoms with van der Waals surface area (Å²) in [6.07, 6.45) is -4.13. The van der Waals surface area contributed by atoms with Gasteiger partial charge in [-0.25, -0.2) is 0 Å². The summed E-state index contributed by atoms with van der Waals surface area (Å²) in [6, 6.07) is 5.62. The molecule has 0 N–H and O–H groups in total. The first-order valence-corrected chi connectivity index (χ1v) is 5.26. The summed E-state index contributed by atoms with van der Waals surface area (Å²) in [5, 5.41) is 0. The van der Waals surface area contributed by atoms with Crippen molar-refractivity contribution in [2.75, 3.05) is 0 Å². The van der Waals surface area contributed by atoms with Gasteiger partial charge in [0.15, 0.2) is 0 Å². The molecule has 0 saturated carbocycles. The molecule has 0 radical (unpaired) electrons. The first kappa shape index (κ1) is 13.1. The van der Waals surface area contributed by atoms with Crippen LogP contribution in [0.1, 0.15) is 30.5 Å². The van der Waals surface area contributed by atoms with Gasteiger partial charge in [0.05, 0.1) is 5.41 Å². The van der Waals surface area contributed by atoms with E-state index < -0.39 is 11.6 Å². The molecule has 0 aliphatic heterocycles. The fraction of sp³-hybridized carbons (Fsp3) is 0.538. The van der Waals surface area contributed by atoms with Crippen molar-refractivity contribution >= 4 is 0 Å². The Hall–Kier alpha value is -0.990.